The van der Waals surface area contributed by atoms with Gasteiger partial charge in [0, 0.05) is 15.6 Å². The third kappa shape index (κ3) is 4.72. The van der Waals surface area contributed by atoms with Gasteiger partial charge in [-0.3, -0.25) is 14.5 Å². The van der Waals surface area contributed by atoms with E-state index in [-0.39, 0.29) is 23.8 Å². The summed E-state index contributed by atoms with van der Waals surface area (Å²) in [7, 11) is 0. The number of amides is 2. The molecule has 3 rings (SSSR count). The minimum atomic E-state index is -0.356. The van der Waals surface area contributed by atoms with E-state index in [0.29, 0.717) is 20.5 Å². The fourth-order valence-corrected chi connectivity index (χ4v) is 3.94. The molecule has 0 spiro atoms. The topological polar surface area (TPSA) is 46.6 Å². The maximum Gasteiger partial charge on any atom is 0.293 e. The van der Waals surface area contributed by atoms with E-state index >= 15 is 0 Å². The lowest BCUT2D eigenvalue weighted by Crippen LogP contribution is -2.27. The summed E-state index contributed by atoms with van der Waals surface area (Å²) in [5.41, 5.74) is 1.37. The first kappa shape index (κ1) is 20.8. The lowest BCUT2D eigenvalue weighted by molar-refractivity contribution is -0.123. The van der Waals surface area contributed by atoms with Crippen LogP contribution in [0.15, 0.2) is 47.4 Å². The number of ether oxygens (including phenoxy) is 1. The Bertz CT molecular complexity index is 907. The van der Waals surface area contributed by atoms with Crippen molar-refractivity contribution in [2.24, 2.45) is 0 Å². The Hall–Kier alpha value is -1.95. The maximum absolute atomic E-state index is 12.7. The Morgan fingerprint density at radius 1 is 1.11 bits per heavy atom. The largest absolute Gasteiger partial charge is 0.491 e. The molecule has 2 amide bonds. The molecule has 4 nitrogen and oxygen atoms in total. The average Bonchev–Trinajstić information content (AvgIpc) is 2.93. The number of imide groups is 1. The van der Waals surface area contributed by atoms with Crippen molar-refractivity contribution in [1.82, 2.24) is 4.90 Å². The Morgan fingerprint density at radius 2 is 1.75 bits per heavy atom. The molecule has 2 aromatic rings. The molecule has 0 aliphatic carbocycles. The van der Waals surface area contributed by atoms with E-state index < -0.39 is 0 Å². The third-order valence-electron chi connectivity index (χ3n) is 4.34. The first-order valence-corrected chi connectivity index (χ1v) is 10.4. The van der Waals surface area contributed by atoms with Gasteiger partial charge < -0.3 is 4.74 Å². The summed E-state index contributed by atoms with van der Waals surface area (Å²) < 4.78 is 5.75. The van der Waals surface area contributed by atoms with Gasteiger partial charge in [0.15, 0.2) is 0 Å². The Balaban J connectivity index is 1.76. The first-order chi connectivity index (χ1) is 13.4. The molecule has 1 saturated heterocycles. The van der Waals surface area contributed by atoms with E-state index in [2.05, 4.69) is 6.92 Å². The molecule has 0 saturated carbocycles. The third-order valence-corrected chi connectivity index (χ3v) is 5.96. The van der Waals surface area contributed by atoms with Crippen molar-refractivity contribution in [3.05, 3.63) is 68.5 Å². The van der Waals surface area contributed by atoms with Gasteiger partial charge >= 0.3 is 0 Å². The monoisotopic (exact) mass is 435 g/mol. The van der Waals surface area contributed by atoms with E-state index in [0.717, 1.165) is 34.4 Å². The Kier molecular flexibility index (Phi) is 6.70. The Labute approximate surface area is 178 Å². The lowest BCUT2D eigenvalue weighted by atomic mass is 10.2. The van der Waals surface area contributed by atoms with Gasteiger partial charge in [0.05, 0.1) is 17.6 Å². The molecule has 7 heteroatoms. The molecule has 0 N–H and O–H groups in total. The number of nitrogens with zero attached hydrogens (tertiary/aromatic N) is 1. The normalized spacial score (nSPS) is 16.7. The smallest absolute Gasteiger partial charge is 0.293 e. The molecule has 146 valence electrons. The molecule has 0 aromatic heterocycles. The highest BCUT2D eigenvalue weighted by Gasteiger charge is 2.35. The van der Waals surface area contributed by atoms with Gasteiger partial charge in [0.25, 0.3) is 11.1 Å². The van der Waals surface area contributed by atoms with Crippen LogP contribution in [0.5, 0.6) is 5.75 Å². The zero-order chi connectivity index (χ0) is 20.3. The highest BCUT2D eigenvalue weighted by Crippen LogP contribution is 2.35. The predicted octanol–water partition coefficient (Wildman–Crippen LogP) is 6.41. The number of halogens is 2. The second-order valence-corrected chi connectivity index (χ2v) is 8.18. The SMILES string of the molecule is CC[C@@H](C)Oc1ccc(/C=C2/SC(=O)N(Cc3c(Cl)cccc3Cl)C2=O)cc1. The number of carbonyl (C=O) groups is 2. The number of hydrogen-bond donors (Lipinski definition) is 0. The van der Waals surface area contributed by atoms with Crippen molar-refractivity contribution in [3.63, 3.8) is 0 Å². The summed E-state index contributed by atoms with van der Waals surface area (Å²) in [5.74, 6) is 0.416. The highest BCUT2D eigenvalue weighted by atomic mass is 35.5. The highest BCUT2D eigenvalue weighted by molar-refractivity contribution is 8.18. The minimum Gasteiger partial charge on any atom is -0.491 e. The lowest BCUT2D eigenvalue weighted by Gasteiger charge is -2.14. The quantitative estimate of drug-likeness (QED) is 0.491. The summed E-state index contributed by atoms with van der Waals surface area (Å²) in [6.45, 7) is 4.11. The summed E-state index contributed by atoms with van der Waals surface area (Å²) in [6, 6.07) is 12.5. The zero-order valence-corrected chi connectivity index (χ0v) is 17.8. The predicted molar refractivity (Wildman–Crippen MR) is 115 cm³/mol. The van der Waals surface area contributed by atoms with Crippen molar-refractivity contribution >= 4 is 52.2 Å². The zero-order valence-electron chi connectivity index (χ0n) is 15.4. The van der Waals surface area contributed by atoms with Crippen LogP contribution in [0, 0.1) is 0 Å². The van der Waals surface area contributed by atoms with Crippen LogP contribution in [0.2, 0.25) is 10.0 Å². The fraction of sp³-hybridized carbons (Fsp3) is 0.238. The Morgan fingerprint density at radius 3 is 2.36 bits per heavy atom. The average molecular weight is 436 g/mol. The van der Waals surface area contributed by atoms with Crippen LogP contribution in [0.3, 0.4) is 0 Å². The van der Waals surface area contributed by atoms with Gasteiger partial charge in [-0.25, -0.2) is 0 Å². The van der Waals surface area contributed by atoms with Gasteiger partial charge in [0.2, 0.25) is 0 Å². The second-order valence-electron chi connectivity index (χ2n) is 6.37. The first-order valence-electron chi connectivity index (χ1n) is 8.84. The maximum atomic E-state index is 12.7. The van der Waals surface area contributed by atoms with Crippen LogP contribution in [0.1, 0.15) is 31.4 Å². The number of hydrogen-bond acceptors (Lipinski definition) is 4. The van der Waals surface area contributed by atoms with Crippen LogP contribution < -0.4 is 4.74 Å². The molecule has 1 fully saturated rings. The van der Waals surface area contributed by atoms with E-state index in [4.69, 9.17) is 27.9 Å². The van der Waals surface area contributed by atoms with Gasteiger partial charge in [-0.15, -0.1) is 0 Å². The molecule has 1 heterocycles. The molecule has 1 aliphatic heterocycles. The van der Waals surface area contributed by atoms with Crippen LogP contribution in [-0.2, 0) is 11.3 Å². The van der Waals surface area contributed by atoms with Gasteiger partial charge in [-0.1, -0.05) is 48.3 Å². The number of thioether (sulfide) groups is 1. The van der Waals surface area contributed by atoms with Crippen molar-refractivity contribution in [2.75, 3.05) is 0 Å². The second kappa shape index (κ2) is 9.03. The van der Waals surface area contributed by atoms with Crippen molar-refractivity contribution in [3.8, 4) is 5.75 Å². The number of benzene rings is 2. The molecule has 0 unspecified atom stereocenters. The molecular formula is C21H19Cl2NO3S. The van der Waals surface area contributed by atoms with Crippen molar-refractivity contribution in [2.45, 2.75) is 32.9 Å². The van der Waals surface area contributed by atoms with Gasteiger partial charge in [0.1, 0.15) is 5.75 Å². The summed E-state index contributed by atoms with van der Waals surface area (Å²) in [5, 5.41) is 0.504. The number of rotatable bonds is 6. The van der Waals surface area contributed by atoms with Crippen molar-refractivity contribution in [1.29, 1.82) is 0 Å². The molecule has 2 aromatic carbocycles. The summed E-state index contributed by atoms with van der Waals surface area (Å²) in [6.07, 6.45) is 2.76. The molecular weight excluding hydrogens is 417 g/mol. The van der Waals surface area contributed by atoms with Gasteiger partial charge in [-0.05, 0) is 61.0 Å². The van der Waals surface area contributed by atoms with E-state index in [9.17, 15) is 9.59 Å². The molecule has 0 bridgehead atoms. The van der Waals surface area contributed by atoms with Crippen molar-refractivity contribution < 1.29 is 14.3 Å². The van der Waals surface area contributed by atoms with Crippen LogP contribution >= 0.6 is 35.0 Å². The molecule has 28 heavy (non-hydrogen) atoms. The van der Waals surface area contributed by atoms with E-state index in [1.54, 1.807) is 24.3 Å². The number of carbonyl (C=O) groups excluding carboxylic acids is 2. The van der Waals surface area contributed by atoms with Crippen LogP contribution in [-0.4, -0.2) is 22.2 Å². The fourth-order valence-electron chi connectivity index (χ4n) is 2.59. The molecule has 1 aliphatic rings. The van der Waals surface area contributed by atoms with Crippen LogP contribution in [0.25, 0.3) is 6.08 Å². The standard InChI is InChI=1S/C21H19Cl2NO3S/c1-3-13(2)27-15-9-7-14(8-10-15)11-19-20(25)24(21(26)28-19)12-16-17(22)5-4-6-18(16)23/h4-11,13H,3,12H2,1-2H3/b19-11+/t13-/m1/s1. The summed E-state index contributed by atoms with van der Waals surface area (Å²) in [4.78, 5) is 26.6. The summed E-state index contributed by atoms with van der Waals surface area (Å²) >= 11 is 13.2. The van der Waals surface area contributed by atoms with Gasteiger partial charge in [-0.2, -0.15) is 0 Å². The molecule has 1 atom stereocenters. The minimum absolute atomic E-state index is 0.0438. The van der Waals surface area contributed by atoms with E-state index in [1.807, 2.05) is 31.2 Å². The molecule has 0 radical (unpaired) electrons. The van der Waals surface area contributed by atoms with E-state index in [1.165, 1.54) is 0 Å². The van der Waals surface area contributed by atoms with Crippen LogP contribution in [0.4, 0.5) is 4.79 Å².